The van der Waals surface area contributed by atoms with Gasteiger partial charge in [-0.15, -0.1) is 0 Å². The molecular weight excluding hydrogens is 1660 g/mol. The van der Waals surface area contributed by atoms with Gasteiger partial charge in [-0.05, 0) is 289 Å². The van der Waals surface area contributed by atoms with Crippen LogP contribution in [0.4, 0.5) is 15.8 Å². The van der Waals surface area contributed by atoms with Crippen molar-refractivity contribution in [2.75, 3.05) is 74.0 Å². The lowest BCUT2D eigenvalue weighted by Gasteiger charge is -2.14. The largest absolute Gasteiger partial charge is 0.497 e. The topological polar surface area (TPSA) is 155 Å². The van der Waals surface area contributed by atoms with E-state index in [1.807, 2.05) is 126 Å². The molecule has 13 nitrogen and oxygen atoms in total. The van der Waals surface area contributed by atoms with E-state index in [0.29, 0.717) is 72.0 Å². The summed E-state index contributed by atoms with van der Waals surface area (Å²) in [6.45, 7) is 60.2. The molecule has 0 radical (unpaired) electrons. The first-order valence-corrected chi connectivity index (χ1v) is 46.5. The third kappa shape index (κ3) is 41.7. The first-order chi connectivity index (χ1) is 62.0. The van der Waals surface area contributed by atoms with Gasteiger partial charge in [0.2, 0.25) is 5.91 Å². The molecule has 0 saturated heterocycles. The monoisotopic (exact) mass is 1830 g/mol. The second-order valence-electron chi connectivity index (χ2n) is 35.1. The van der Waals surface area contributed by atoms with Crippen LogP contribution in [0.5, 0.6) is 46.0 Å². The molecule has 11 rings (SSSR count). The van der Waals surface area contributed by atoms with Crippen LogP contribution in [0, 0.1) is 33.5 Å². The smallest absolute Gasteiger partial charge is 0.337 e. The Morgan fingerprint density at radius 3 is 1.17 bits per heavy atom. The zero-order valence-electron chi connectivity index (χ0n) is 86.0. The Kier molecular flexibility index (Phi) is 56.7. The Labute approximate surface area is 802 Å². The van der Waals surface area contributed by atoms with Crippen molar-refractivity contribution in [2.24, 2.45) is 0 Å². The van der Waals surface area contributed by atoms with Crippen molar-refractivity contribution in [3.05, 3.63) is 318 Å². The molecule has 0 aliphatic rings. The van der Waals surface area contributed by atoms with Gasteiger partial charge in [0.15, 0.2) is 0 Å². The number of methoxy groups -OCH3 is 7. The van der Waals surface area contributed by atoms with Gasteiger partial charge in [0.1, 0.15) is 51.8 Å². The van der Waals surface area contributed by atoms with Crippen LogP contribution >= 0.6 is 11.6 Å². The molecule has 0 unspecified atom stereocenters. The summed E-state index contributed by atoms with van der Waals surface area (Å²) in [5.74, 6) is 11.5. The molecule has 0 aliphatic carbocycles. The molecule has 0 bridgehead atoms. The van der Waals surface area contributed by atoms with E-state index in [-0.39, 0.29) is 31.0 Å². The average molecular weight is 1830 g/mol. The maximum Gasteiger partial charge on any atom is 0.337 e. The molecule has 3 N–H and O–H groups in total. The van der Waals surface area contributed by atoms with Crippen molar-refractivity contribution in [1.82, 2.24) is 0 Å². The predicted molar refractivity (Wildman–Crippen MR) is 562 cm³/mol. The number of hydrogen-bond donors (Lipinski definition) is 2. The van der Waals surface area contributed by atoms with Gasteiger partial charge in [-0.25, -0.2) is 9.18 Å². The third-order valence-electron chi connectivity index (χ3n) is 21.2. The summed E-state index contributed by atoms with van der Waals surface area (Å²) in [7, 11) is 11.5. The molecule has 722 valence electrons. The van der Waals surface area contributed by atoms with E-state index in [1.54, 1.807) is 60.9 Å². The molecule has 0 saturated carbocycles. The molecule has 11 aromatic rings. The maximum atomic E-state index is 13.0. The summed E-state index contributed by atoms with van der Waals surface area (Å²) in [5.41, 5.74) is 29.1. The number of esters is 1. The third-order valence-corrected chi connectivity index (χ3v) is 21.4. The minimum Gasteiger partial charge on any atom is -0.497 e. The maximum absolute atomic E-state index is 13.0. The predicted octanol–water partition coefficient (Wildman–Crippen LogP) is 33.2. The summed E-state index contributed by atoms with van der Waals surface area (Å²) in [6.07, 6.45) is 1.09. The quantitative estimate of drug-likeness (QED) is 0.0437. The number of carbonyl (C=O) groups is 2. The normalized spacial score (nSPS) is 10.4. The molecule has 0 fully saturated rings. The van der Waals surface area contributed by atoms with Crippen molar-refractivity contribution in [3.63, 3.8) is 0 Å². The first-order valence-electron chi connectivity index (χ1n) is 46.1. The van der Waals surface area contributed by atoms with Crippen LogP contribution in [0.25, 0.3) is 11.1 Å². The van der Waals surface area contributed by atoms with Gasteiger partial charge in [0, 0.05) is 28.9 Å². The van der Waals surface area contributed by atoms with Crippen LogP contribution < -0.4 is 48.9 Å². The molecule has 1 amide bonds. The number of halogens is 2. The fourth-order valence-electron chi connectivity index (χ4n) is 13.9. The second kappa shape index (κ2) is 63.0. The van der Waals surface area contributed by atoms with Crippen LogP contribution in [0.15, 0.2) is 218 Å². The van der Waals surface area contributed by atoms with Gasteiger partial charge in [-0.3, -0.25) is 4.79 Å². The van der Waals surface area contributed by atoms with E-state index >= 15 is 0 Å². The minimum absolute atomic E-state index is 0. The van der Waals surface area contributed by atoms with Gasteiger partial charge in [-0.2, -0.15) is 0 Å². The number of nitrogen functional groups attached to an aromatic ring is 1. The van der Waals surface area contributed by atoms with Crippen molar-refractivity contribution in [1.29, 1.82) is 0 Å². The van der Waals surface area contributed by atoms with E-state index < -0.39 is 0 Å². The highest BCUT2D eigenvalue weighted by atomic mass is 35.5. The summed E-state index contributed by atoms with van der Waals surface area (Å²) < 4.78 is 60.1. The number of benzene rings is 11. The number of nitrogens with two attached hydrogens (primary N) is 1. The number of hydrogen-bond acceptors (Lipinski definition) is 12. The van der Waals surface area contributed by atoms with E-state index in [9.17, 15) is 14.0 Å². The lowest BCUT2D eigenvalue weighted by Crippen LogP contribution is -2.07. The average Bonchev–Trinajstić information content (AvgIpc) is 0.831. The van der Waals surface area contributed by atoms with E-state index in [4.69, 9.17) is 55.2 Å². The SMILES string of the molecule is C.CC(C)c1ccccc1-c1ccccc1.CCOc1ccc(N)cc1C(C)C.CCOc1ccc(NC(C)=O)cc1C(C)C.CCc1ccc(OC)c(C(C)C)c1.COC(=O)c1ccc(OC)c(C(C)C)c1.COc1ccc(C)cc1C(C)C.COc1ccc(Cl)cc1C(C)C.COc1ccc(OC)c(C(C)C)c1.Cc1ccc(C)c(C(C)C)c1.Cc1ccc(F)c(C(C)C)c1. The van der Waals surface area contributed by atoms with Crippen molar-refractivity contribution in [2.45, 2.75) is 267 Å². The number of anilines is 2. The van der Waals surface area contributed by atoms with E-state index in [0.717, 1.165) is 96.6 Å². The molecule has 0 atom stereocenters. The lowest BCUT2D eigenvalue weighted by molar-refractivity contribution is -0.114. The van der Waals surface area contributed by atoms with Crippen LogP contribution in [-0.2, 0) is 16.0 Å². The number of carbonyl (C=O) groups excluding carboxylic acids is 2. The summed E-state index contributed by atoms with van der Waals surface area (Å²) in [4.78, 5) is 22.3. The number of rotatable bonds is 24. The van der Waals surface area contributed by atoms with Crippen molar-refractivity contribution < 1.29 is 56.6 Å². The fraction of sp³-hybridized carbons (Fsp3) is 0.419. The van der Waals surface area contributed by atoms with Gasteiger partial charge in [0.05, 0.1) is 68.5 Å². The van der Waals surface area contributed by atoms with Crippen LogP contribution in [0.1, 0.15) is 327 Å². The zero-order valence-corrected chi connectivity index (χ0v) is 86.8. The second-order valence-corrected chi connectivity index (χ2v) is 35.5. The highest BCUT2D eigenvalue weighted by Gasteiger charge is 2.17. The summed E-state index contributed by atoms with van der Waals surface area (Å²) in [5, 5.41) is 3.54. The van der Waals surface area contributed by atoms with Gasteiger partial charge in [-0.1, -0.05) is 290 Å². The first kappa shape index (κ1) is 119. The Hall–Kier alpha value is -11.2. The van der Waals surface area contributed by atoms with Gasteiger partial charge >= 0.3 is 5.97 Å². The van der Waals surface area contributed by atoms with Crippen molar-refractivity contribution >= 4 is 34.9 Å². The minimum atomic E-state index is -0.320. The van der Waals surface area contributed by atoms with Gasteiger partial charge in [0.25, 0.3) is 0 Å². The molecule has 15 heteroatoms. The molecule has 0 aliphatic heterocycles. The molecule has 132 heavy (non-hydrogen) atoms. The Bertz CT molecular complexity index is 4970. The Morgan fingerprint density at radius 1 is 0.356 bits per heavy atom. The lowest BCUT2D eigenvalue weighted by atomic mass is 9.93. The molecular formula is C117H164ClFN2O11. The number of ether oxygens (including phenoxy) is 9. The molecule has 11 aromatic carbocycles. The summed E-state index contributed by atoms with van der Waals surface area (Å²) in [6, 6.07) is 72.2. The number of amides is 1. The number of aryl methyl sites for hydroxylation is 5. The number of nitrogens with one attached hydrogen (secondary N) is 1. The summed E-state index contributed by atoms with van der Waals surface area (Å²) >= 11 is 5.86. The van der Waals surface area contributed by atoms with Crippen LogP contribution in [0.3, 0.4) is 0 Å². The Balaban J connectivity index is 0.000000734. The highest BCUT2D eigenvalue weighted by Crippen LogP contribution is 2.36. The molecule has 0 heterocycles. The van der Waals surface area contributed by atoms with Gasteiger partial charge < -0.3 is 53.7 Å². The fourth-order valence-corrected chi connectivity index (χ4v) is 14.1. The van der Waals surface area contributed by atoms with E-state index in [2.05, 4.69) is 266 Å². The molecule has 0 aromatic heterocycles. The van der Waals surface area contributed by atoms with Crippen LogP contribution in [0.2, 0.25) is 5.02 Å². The van der Waals surface area contributed by atoms with E-state index in [1.165, 1.54) is 86.9 Å². The van der Waals surface area contributed by atoms with Crippen LogP contribution in [-0.4, -0.2) is 74.9 Å². The Morgan fingerprint density at radius 2 is 0.727 bits per heavy atom. The highest BCUT2D eigenvalue weighted by molar-refractivity contribution is 6.30. The molecule has 0 spiro atoms. The zero-order chi connectivity index (χ0) is 98.9. The standard InChI is InChI=1S/C15H16.C13H19NO2.C12H16O3.C12H18O.C11H17NO.C11H16O2.C11H16O.C11H16.C10H13ClO.C10H13F.CH4/c1-12(2)14-10-6-7-11-15(14)13-8-4-3-5-9-13;1-5-16-13-7-6-11(14-10(4)15)8-12(13)9(2)3;1-8(2)10-7-9(12(13)15-4)5-6-11(10)14-3;1-5-10-6-7-12(13-4)11(8-10)9(2)3;1-4-13-11-6-5-9(12)7-10(11)8(2)3;1-8(2)10-7-9(12-3)5-6-11(10)13-4;1-8(2)10-7-9(3)5-6-11(10)12-4;1-8(2)11-7-9(3)5-6-10(11)4;1-7(2)9-6-8(11)4-5-10(9)12-3;1-7(2)9-6-8(3)4-5-10(9)11;/h3-12H,1-2H3;6-9H,5H2,1-4H3,(H,14,15);5-8H,1-4H3;6-9H,5H2,1-4H3;5-8H,4,12H2,1-3H3;5-8H,1-4H3;5-8H,1-4H3;5-8H,1-4H3;4-7H,1-3H3;4-7H,1-3H3;1H4. The van der Waals surface area contributed by atoms with Crippen molar-refractivity contribution in [3.8, 4) is 57.1 Å².